The molecule has 0 amide bonds. The number of hydrogen-bond acceptors (Lipinski definition) is 2. The van der Waals surface area contributed by atoms with Gasteiger partial charge in [-0.1, -0.05) is 0 Å². The maximum Gasteiger partial charge on any atom is 1.00 e. The van der Waals surface area contributed by atoms with Gasteiger partial charge in [0.1, 0.15) is 5.41 Å². The Hall–Kier alpha value is 1.14. The average molecular weight is 156 g/mol. The summed E-state index contributed by atoms with van der Waals surface area (Å²) >= 11 is 0. The van der Waals surface area contributed by atoms with E-state index in [1.807, 2.05) is 0 Å². The van der Waals surface area contributed by atoms with Gasteiger partial charge in [0.15, 0.2) is 0 Å². The van der Waals surface area contributed by atoms with Crippen LogP contribution in [-0.4, -0.2) is 27.4 Å². The minimum Gasteiger partial charge on any atom is -1.00 e. The summed E-state index contributed by atoms with van der Waals surface area (Å²) in [4.78, 5) is 0. The standard InChI is InChI=1S/C5H12O2Si.Na.H/c6-5(8)3-1-2-4-7-5;;/h6H,1-4H2,8H3;;/q;+1;-1. The van der Waals surface area contributed by atoms with Gasteiger partial charge in [-0.15, -0.1) is 0 Å². The summed E-state index contributed by atoms with van der Waals surface area (Å²) in [7, 11) is 0.743. The molecule has 0 radical (unpaired) electrons. The molecule has 0 aromatic carbocycles. The first-order valence-electron chi connectivity index (χ1n) is 3.07. The molecule has 1 saturated heterocycles. The van der Waals surface area contributed by atoms with E-state index in [0.29, 0.717) is 0 Å². The van der Waals surface area contributed by atoms with Crippen molar-refractivity contribution in [3.63, 3.8) is 0 Å². The molecule has 0 aromatic rings. The van der Waals surface area contributed by atoms with E-state index in [1.165, 1.54) is 0 Å². The quantitative estimate of drug-likeness (QED) is 0.366. The molecule has 0 aliphatic carbocycles. The fourth-order valence-electron chi connectivity index (χ4n) is 0.919. The maximum absolute atomic E-state index is 9.21. The Morgan fingerprint density at radius 3 is 2.44 bits per heavy atom. The van der Waals surface area contributed by atoms with Crippen LogP contribution in [-0.2, 0) is 4.74 Å². The normalized spacial score (nSPS) is 35.7. The van der Waals surface area contributed by atoms with Crippen molar-refractivity contribution in [3.05, 3.63) is 0 Å². The smallest absolute Gasteiger partial charge is 1.00 e. The molecule has 1 rings (SSSR count). The fraction of sp³-hybridized carbons (Fsp3) is 1.00. The van der Waals surface area contributed by atoms with E-state index in [-0.39, 0.29) is 31.0 Å². The van der Waals surface area contributed by atoms with Crippen LogP contribution in [0.4, 0.5) is 0 Å². The molecule has 1 fully saturated rings. The van der Waals surface area contributed by atoms with Crippen LogP contribution in [0.1, 0.15) is 20.7 Å². The Morgan fingerprint density at radius 1 is 1.56 bits per heavy atom. The van der Waals surface area contributed by atoms with Crippen molar-refractivity contribution in [3.8, 4) is 0 Å². The van der Waals surface area contributed by atoms with Gasteiger partial charge in [-0.3, -0.25) is 0 Å². The van der Waals surface area contributed by atoms with Gasteiger partial charge in [-0.05, 0) is 19.3 Å². The second kappa shape index (κ2) is 4.11. The summed E-state index contributed by atoms with van der Waals surface area (Å²) in [5.74, 6) is 0. The summed E-state index contributed by atoms with van der Waals surface area (Å²) in [6.45, 7) is 0.750. The second-order valence-electron chi connectivity index (χ2n) is 2.48. The minimum atomic E-state index is -0.682. The van der Waals surface area contributed by atoms with E-state index in [1.54, 1.807) is 0 Å². The molecule has 1 N–H and O–H groups in total. The molecule has 0 spiro atoms. The van der Waals surface area contributed by atoms with Gasteiger partial charge < -0.3 is 11.3 Å². The summed E-state index contributed by atoms with van der Waals surface area (Å²) in [6.07, 6.45) is 3.09. The van der Waals surface area contributed by atoms with Gasteiger partial charge in [0.05, 0.1) is 10.2 Å². The fourth-order valence-corrected chi connectivity index (χ4v) is 1.48. The van der Waals surface area contributed by atoms with Gasteiger partial charge in [0.2, 0.25) is 0 Å². The van der Waals surface area contributed by atoms with Crippen LogP contribution < -0.4 is 29.6 Å². The Bertz CT molecular complexity index is 83.7. The maximum atomic E-state index is 9.21. The van der Waals surface area contributed by atoms with Gasteiger partial charge in [0.25, 0.3) is 0 Å². The molecule has 4 heteroatoms. The first-order chi connectivity index (χ1) is 3.71. The minimum absolute atomic E-state index is 0. The molecular formula is C5H13NaO2Si. The predicted octanol–water partition coefficient (Wildman–Crippen LogP) is -3.69. The average Bonchev–Trinajstić information content (AvgIpc) is 1.65. The van der Waals surface area contributed by atoms with Gasteiger partial charge in [0, 0.05) is 6.61 Å². The molecule has 1 heterocycles. The Kier molecular flexibility index (Phi) is 4.63. The van der Waals surface area contributed by atoms with Crippen LogP contribution in [0.5, 0.6) is 0 Å². The van der Waals surface area contributed by atoms with Crippen molar-refractivity contribution in [2.45, 2.75) is 24.7 Å². The van der Waals surface area contributed by atoms with E-state index >= 15 is 0 Å². The second-order valence-corrected chi connectivity index (χ2v) is 4.04. The van der Waals surface area contributed by atoms with Crippen molar-refractivity contribution in [2.75, 3.05) is 6.61 Å². The molecule has 1 atom stereocenters. The van der Waals surface area contributed by atoms with Crippen LogP contribution in [0.15, 0.2) is 0 Å². The summed E-state index contributed by atoms with van der Waals surface area (Å²) in [6, 6.07) is 0. The van der Waals surface area contributed by atoms with Crippen LogP contribution >= 0.6 is 0 Å². The molecule has 9 heavy (non-hydrogen) atoms. The number of hydrogen-bond donors (Lipinski definition) is 1. The van der Waals surface area contributed by atoms with E-state index in [4.69, 9.17) is 4.74 Å². The zero-order valence-electron chi connectivity index (χ0n) is 7.18. The number of ether oxygens (including phenoxy) is 1. The number of aliphatic hydroxyl groups is 1. The Morgan fingerprint density at radius 2 is 2.22 bits per heavy atom. The molecule has 0 saturated carbocycles. The van der Waals surface area contributed by atoms with Crippen LogP contribution in [0.2, 0.25) is 0 Å². The third-order valence-electron chi connectivity index (χ3n) is 1.45. The topological polar surface area (TPSA) is 29.5 Å². The SMILES string of the molecule is OC1([SiH3])CCCCO1.[H-].[Na+]. The van der Waals surface area contributed by atoms with Crippen LogP contribution in [0.3, 0.4) is 0 Å². The largest absolute Gasteiger partial charge is 1.00 e. The summed E-state index contributed by atoms with van der Waals surface area (Å²) in [5.41, 5.74) is -0.682. The molecule has 1 aliphatic heterocycles. The zero-order valence-corrected chi connectivity index (χ0v) is 10.2. The third-order valence-corrected chi connectivity index (χ3v) is 2.24. The summed E-state index contributed by atoms with van der Waals surface area (Å²) < 4.78 is 5.08. The molecule has 1 unspecified atom stereocenters. The zero-order chi connectivity index (χ0) is 6.04. The van der Waals surface area contributed by atoms with Crippen LogP contribution in [0, 0.1) is 0 Å². The summed E-state index contributed by atoms with van der Waals surface area (Å²) in [5, 5.41) is 9.21. The van der Waals surface area contributed by atoms with Crippen LogP contribution in [0.25, 0.3) is 0 Å². The predicted molar refractivity (Wildman–Crippen MR) is 35.8 cm³/mol. The Labute approximate surface area is 82.2 Å². The molecule has 2 nitrogen and oxygen atoms in total. The monoisotopic (exact) mass is 156 g/mol. The van der Waals surface area contributed by atoms with Crippen molar-refractivity contribution in [2.24, 2.45) is 0 Å². The van der Waals surface area contributed by atoms with Gasteiger partial charge in [-0.2, -0.15) is 0 Å². The first kappa shape index (κ1) is 10.1. The van der Waals surface area contributed by atoms with Gasteiger partial charge in [-0.25, -0.2) is 0 Å². The van der Waals surface area contributed by atoms with Crippen molar-refractivity contribution in [1.29, 1.82) is 0 Å². The van der Waals surface area contributed by atoms with E-state index in [9.17, 15) is 5.11 Å². The van der Waals surface area contributed by atoms with Gasteiger partial charge >= 0.3 is 29.6 Å². The molecule has 50 valence electrons. The molecule has 0 bridgehead atoms. The third kappa shape index (κ3) is 3.75. The van der Waals surface area contributed by atoms with E-state index in [0.717, 1.165) is 36.1 Å². The molecular weight excluding hydrogens is 143 g/mol. The van der Waals surface area contributed by atoms with Crippen molar-refractivity contribution in [1.82, 2.24) is 0 Å². The molecule has 0 aromatic heterocycles. The van der Waals surface area contributed by atoms with E-state index in [2.05, 4.69) is 0 Å². The Balaban J connectivity index is 0. The van der Waals surface area contributed by atoms with Crippen molar-refractivity contribution >= 4 is 10.2 Å². The molecule has 1 aliphatic rings. The van der Waals surface area contributed by atoms with Crippen molar-refractivity contribution < 1.29 is 40.8 Å². The number of rotatable bonds is 0. The van der Waals surface area contributed by atoms with E-state index < -0.39 is 5.41 Å². The first-order valence-corrected chi connectivity index (χ1v) is 4.07.